The van der Waals surface area contributed by atoms with Crippen LogP contribution in [0.1, 0.15) is 50.9 Å². The van der Waals surface area contributed by atoms with E-state index >= 15 is 0 Å². The van der Waals surface area contributed by atoms with Gasteiger partial charge in [-0.25, -0.2) is 13.2 Å². The molecule has 0 fully saturated rings. The normalized spacial score (nSPS) is 12.5. The molecule has 0 aromatic heterocycles. The van der Waals surface area contributed by atoms with Crippen LogP contribution < -0.4 is 10.0 Å². The zero-order valence-electron chi connectivity index (χ0n) is 17.0. The largest absolute Gasteiger partial charge is 0.459 e. The van der Waals surface area contributed by atoms with Gasteiger partial charge < -0.3 is 10.1 Å². The molecule has 2 N–H and O–H groups in total. The van der Waals surface area contributed by atoms with Crippen LogP contribution in [0.25, 0.3) is 0 Å². The number of carbonyl (C=O) groups excluding carboxylic acids is 1. The molecular formula is C21H27ClN2O4S. The number of anilines is 2. The third-order valence-corrected chi connectivity index (χ3v) is 5.74. The lowest BCUT2D eigenvalue weighted by Crippen LogP contribution is -2.21. The van der Waals surface area contributed by atoms with E-state index in [1.54, 1.807) is 50.2 Å². The Morgan fingerprint density at radius 1 is 1.10 bits per heavy atom. The molecule has 29 heavy (non-hydrogen) atoms. The van der Waals surface area contributed by atoms with Crippen LogP contribution in [-0.4, -0.2) is 26.5 Å². The highest BCUT2D eigenvalue weighted by Crippen LogP contribution is 2.27. The zero-order chi connectivity index (χ0) is 21.6. The molecule has 0 aliphatic rings. The molecule has 6 nitrogen and oxygen atoms in total. The third-order valence-electron chi connectivity index (χ3n) is 4.07. The molecule has 0 aliphatic heterocycles. The predicted molar refractivity (Wildman–Crippen MR) is 117 cm³/mol. The van der Waals surface area contributed by atoms with Crippen LogP contribution in [0, 0.1) is 0 Å². The van der Waals surface area contributed by atoms with Crippen molar-refractivity contribution >= 4 is 39.0 Å². The molecule has 0 saturated heterocycles. The standard InChI is InChI=1S/C21H27ClN2O4S/c1-5-6-15(4)23-19-12-7-16(21(25)28-14(2)3)13-20(19)29(26,27)24-18-10-8-17(22)9-11-18/h7-15,23-24H,5-6H2,1-4H3/t15-/m0/s1. The number of benzene rings is 2. The summed E-state index contributed by atoms with van der Waals surface area (Å²) in [6.07, 6.45) is 1.52. The molecule has 0 radical (unpaired) electrons. The van der Waals surface area contributed by atoms with Crippen molar-refractivity contribution in [2.24, 2.45) is 0 Å². The minimum absolute atomic E-state index is 0.0198. The summed E-state index contributed by atoms with van der Waals surface area (Å²) in [5, 5.41) is 3.73. The first-order chi connectivity index (χ1) is 13.6. The Morgan fingerprint density at radius 3 is 2.34 bits per heavy atom. The van der Waals surface area contributed by atoms with Crippen molar-refractivity contribution in [3.05, 3.63) is 53.1 Å². The van der Waals surface area contributed by atoms with Crippen molar-refractivity contribution < 1.29 is 17.9 Å². The molecule has 0 unspecified atom stereocenters. The molecule has 0 saturated carbocycles. The Bertz CT molecular complexity index is 944. The molecule has 158 valence electrons. The van der Waals surface area contributed by atoms with Gasteiger partial charge in [0.05, 0.1) is 17.4 Å². The van der Waals surface area contributed by atoms with Crippen LogP contribution >= 0.6 is 11.6 Å². The molecule has 0 aliphatic carbocycles. The Hall–Kier alpha value is -2.25. The van der Waals surface area contributed by atoms with Crippen molar-refractivity contribution in [1.82, 2.24) is 0 Å². The Kier molecular flexibility index (Phi) is 7.93. The van der Waals surface area contributed by atoms with E-state index in [0.29, 0.717) is 16.4 Å². The average Bonchev–Trinajstić information content (AvgIpc) is 2.63. The maximum atomic E-state index is 13.1. The van der Waals surface area contributed by atoms with E-state index < -0.39 is 16.0 Å². The maximum Gasteiger partial charge on any atom is 0.338 e. The number of hydrogen-bond acceptors (Lipinski definition) is 5. The third kappa shape index (κ3) is 6.65. The second-order valence-electron chi connectivity index (χ2n) is 7.11. The van der Waals surface area contributed by atoms with E-state index in [9.17, 15) is 13.2 Å². The van der Waals surface area contributed by atoms with Gasteiger partial charge in [-0.05, 0) is 69.7 Å². The lowest BCUT2D eigenvalue weighted by molar-refractivity contribution is 0.0377. The SMILES string of the molecule is CCC[C@H](C)Nc1ccc(C(=O)OC(C)C)cc1S(=O)(=O)Nc1ccc(Cl)cc1. The molecule has 0 heterocycles. The quantitative estimate of drug-likeness (QED) is 0.518. The average molecular weight is 439 g/mol. The molecule has 2 aromatic carbocycles. The molecule has 2 aromatic rings. The summed E-state index contributed by atoms with van der Waals surface area (Å²) >= 11 is 5.87. The van der Waals surface area contributed by atoms with Gasteiger partial charge in [0, 0.05) is 16.8 Å². The van der Waals surface area contributed by atoms with Gasteiger partial charge in [0.25, 0.3) is 10.0 Å². The van der Waals surface area contributed by atoms with Gasteiger partial charge >= 0.3 is 5.97 Å². The number of halogens is 1. The molecular weight excluding hydrogens is 412 g/mol. The summed E-state index contributed by atoms with van der Waals surface area (Å²) in [4.78, 5) is 12.3. The fraction of sp³-hybridized carbons (Fsp3) is 0.381. The highest BCUT2D eigenvalue weighted by Gasteiger charge is 2.23. The lowest BCUT2D eigenvalue weighted by Gasteiger charge is -2.19. The van der Waals surface area contributed by atoms with Crippen LogP contribution in [0.4, 0.5) is 11.4 Å². The number of sulfonamides is 1. The van der Waals surface area contributed by atoms with Crippen LogP contribution in [0.2, 0.25) is 5.02 Å². The van der Waals surface area contributed by atoms with Gasteiger partial charge in [-0.3, -0.25) is 4.72 Å². The molecule has 0 bridgehead atoms. The minimum Gasteiger partial charge on any atom is -0.459 e. The first-order valence-electron chi connectivity index (χ1n) is 9.52. The lowest BCUT2D eigenvalue weighted by atomic mass is 10.1. The van der Waals surface area contributed by atoms with Crippen molar-refractivity contribution in [3.63, 3.8) is 0 Å². The second kappa shape index (κ2) is 9.98. The van der Waals surface area contributed by atoms with Gasteiger partial charge in [-0.1, -0.05) is 24.9 Å². The number of rotatable bonds is 9. The van der Waals surface area contributed by atoms with Crippen molar-refractivity contribution in [2.45, 2.75) is 57.6 Å². The van der Waals surface area contributed by atoms with E-state index in [1.165, 1.54) is 6.07 Å². The van der Waals surface area contributed by atoms with E-state index in [1.807, 2.05) is 6.92 Å². The van der Waals surface area contributed by atoms with Crippen LogP contribution in [0.15, 0.2) is 47.4 Å². The van der Waals surface area contributed by atoms with Gasteiger partial charge in [-0.2, -0.15) is 0 Å². The first-order valence-corrected chi connectivity index (χ1v) is 11.4. The Morgan fingerprint density at radius 2 is 1.76 bits per heavy atom. The van der Waals surface area contributed by atoms with Crippen LogP contribution in [-0.2, 0) is 14.8 Å². The van der Waals surface area contributed by atoms with Gasteiger partial charge in [0.1, 0.15) is 4.90 Å². The molecule has 2 rings (SSSR count). The molecule has 0 spiro atoms. The summed E-state index contributed by atoms with van der Waals surface area (Å²) in [5.41, 5.74) is 0.967. The van der Waals surface area contributed by atoms with E-state index in [2.05, 4.69) is 17.0 Å². The summed E-state index contributed by atoms with van der Waals surface area (Å²) in [6, 6.07) is 10.9. The van der Waals surface area contributed by atoms with Gasteiger partial charge in [0.2, 0.25) is 0 Å². The topological polar surface area (TPSA) is 84.5 Å². The predicted octanol–water partition coefficient (Wildman–Crippen LogP) is 5.31. The van der Waals surface area contributed by atoms with Crippen LogP contribution in [0.3, 0.4) is 0 Å². The van der Waals surface area contributed by atoms with Gasteiger partial charge in [0.15, 0.2) is 0 Å². The van der Waals surface area contributed by atoms with Crippen molar-refractivity contribution in [3.8, 4) is 0 Å². The number of hydrogen-bond donors (Lipinski definition) is 2. The maximum absolute atomic E-state index is 13.1. The fourth-order valence-electron chi connectivity index (χ4n) is 2.77. The Balaban J connectivity index is 2.44. The highest BCUT2D eigenvalue weighted by atomic mass is 35.5. The summed E-state index contributed by atoms with van der Waals surface area (Å²) in [6.45, 7) is 7.51. The smallest absolute Gasteiger partial charge is 0.338 e. The summed E-state index contributed by atoms with van der Waals surface area (Å²) in [7, 11) is -3.97. The number of esters is 1. The number of carbonyl (C=O) groups is 1. The van der Waals surface area contributed by atoms with E-state index in [-0.39, 0.29) is 22.6 Å². The highest BCUT2D eigenvalue weighted by molar-refractivity contribution is 7.92. The second-order valence-corrected chi connectivity index (χ2v) is 9.20. The minimum atomic E-state index is -3.97. The van der Waals surface area contributed by atoms with Crippen LogP contribution in [0.5, 0.6) is 0 Å². The van der Waals surface area contributed by atoms with E-state index in [0.717, 1.165) is 12.8 Å². The zero-order valence-corrected chi connectivity index (χ0v) is 18.6. The van der Waals surface area contributed by atoms with Crippen molar-refractivity contribution in [1.29, 1.82) is 0 Å². The molecule has 8 heteroatoms. The summed E-state index contributed by atoms with van der Waals surface area (Å²) < 4.78 is 34.0. The monoisotopic (exact) mass is 438 g/mol. The Labute approximate surface area is 177 Å². The molecule has 0 amide bonds. The van der Waals surface area contributed by atoms with E-state index in [4.69, 9.17) is 16.3 Å². The first kappa shape index (κ1) is 23.0. The fourth-order valence-corrected chi connectivity index (χ4v) is 4.15. The number of ether oxygens (including phenoxy) is 1. The number of nitrogens with one attached hydrogen (secondary N) is 2. The molecule has 1 atom stereocenters. The summed E-state index contributed by atoms with van der Waals surface area (Å²) in [5.74, 6) is -0.573. The van der Waals surface area contributed by atoms with Crippen molar-refractivity contribution in [2.75, 3.05) is 10.0 Å². The van der Waals surface area contributed by atoms with Gasteiger partial charge in [-0.15, -0.1) is 0 Å².